The van der Waals surface area contributed by atoms with E-state index in [4.69, 9.17) is 4.74 Å². The maximum Gasteiger partial charge on any atom is 0.164 e. The topological polar surface area (TPSA) is 52.0 Å². The molecule has 1 atom stereocenters. The molecule has 0 aliphatic rings. The van der Waals surface area contributed by atoms with Gasteiger partial charge in [-0.25, -0.2) is 4.98 Å². The van der Waals surface area contributed by atoms with Crippen molar-refractivity contribution in [1.29, 1.82) is 0 Å². The van der Waals surface area contributed by atoms with Crippen LogP contribution in [0, 0.1) is 6.92 Å². The molecule has 5 heteroatoms. The van der Waals surface area contributed by atoms with Crippen molar-refractivity contribution in [2.24, 2.45) is 7.05 Å². The molecule has 0 amide bonds. The highest BCUT2D eigenvalue weighted by Crippen LogP contribution is 2.26. The molecule has 0 aliphatic heterocycles. The Morgan fingerprint density at radius 2 is 2.21 bits per heavy atom. The van der Waals surface area contributed by atoms with Gasteiger partial charge in [-0.1, -0.05) is 12.1 Å². The van der Waals surface area contributed by atoms with Crippen LogP contribution in [0.5, 0.6) is 5.75 Å². The van der Waals surface area contributed by atoms with Crippen LogP contribution in [0.15, 0.2) is 24.5 Å². The minimum atomic E-state index is 0.180. The van der Waals surface area contributed by atoms with E-state index in [9.17, 15) is 0 Å². The average molecular weight is 260 g/mol. The van der Waals surface area contributed by atoms with E-state index in [-0.39, 0.29) is 6.04 Å². The molecule has 2 aromatic rings. The molecule has 1 aromatic carbocycles. The molecule has 2 rings (SSSR count). The lowest BCUT2D eigenvalue weighted by atomic mass is 10.0. The van der Waals surface area contributed by atoms with Crippen molar-refractivity contribution in [3.63, 3.8) is 0 Å². The zero-order valence-electron chi connectivity index (χ0n) is 11.8. The van der Waals surface area contributed by atoms with Crippen molar-refractivity contribution in [3.05, 3.63) is 41.5 Å². The number of aromatic nitrogens is 3. The molecule has 0 spiro atoms. The molecule has 0 radical (unpaired) electrons. The number of hydrogen-bond acceptors (Lipinski definition) is 4. The smallest absolute Gasteiger partial charge is 0.164 e. The first-order valence-electron chi connectivity index (χ1n) is 6.32. The molecule has 1 heterocycles. The van der Waals surface area contributed by atoms with Gasteiger partial charge < -0.3 is 10.1 Å². The first-order valence-corrected chi connectivity index (χ1v) is 6.32. The third kappa shape index (κ3) is 3.32. The molecule has 1 N–H and O–H groups in total. The van der Waals surface area contributed by atoms with Crippen LogP contribution < -0.4 is 10.1 Å². The summed E-state index contributed by atoms with van der Waals surface area (Å²) in [5.74, 6) is 1.70. The van der Waals surface area contributed by atoms with Crippen molar-refractivity contribution in [3.8, 4) is 5.75 Å². The van der Waals surface area contributed by atoms with Crippen LogP contribution in [0.3, 0.4) is 0 Å². The van der Waals surface area contributed by atoms with E-state index in [2.05, 4.69) is 41.4 Å². The second-order valence-corrected chi connectivity index (χ2v) is 4.68. The van der Waals surface area contributed by atoms with Crippen LogP contribution >= 0.6 is 0 Å². The van der Waals surface area contributed by atoms with Crippen LogP contribution in [-0.2, 0) is 13.6 Å². The molecular weight excluding hydrogens is 240 g/mol. The van der Waals surface area contributed by atoms with Crippen molar-refractivity contribution in [2.45, 2.75) is 26.4 Å². The van der Waals surface area contributed by atoms with Crippen molar-refractivity contribution < 1.29 is 4.74 Å². The Bertz CT molecular complexity index is 550. The fourth-order valence-electron chi connectivity index (χ4n) is 2.00. The van der Waals surface area contributed by atoms with E-state index < -0.39 is 0 Å². The second-order valence-electron chi connectivity index (χ2n) is 4.68. The van der Waals surface area contributed by atoms with Crippen LogP contribution in [0.4, 0.5) is 0 Å². The Balaban J connectivity index is 2.05. The third-order valence-electron chi connectivity index (χ3n) is 3.07. The largest absolute Gasteiger partial charge is 0.496 e. The highest BCUT2D eigenvalue weighted by Gasteiger charge is 2.11. The Morgan fingerprint density at radius 1 is 1.42 bits per heavy atom. The summed E-state index contributed by atoms with van der Waals surface area (Å²) in [6, 6.07) is 6.42. The number of benzene rings is 1. The molecule has 0 fully saturated rings. The molecule has 0 bridgehead atoms. The maximum atomic E-state index is 5.43. The van der Waals surface area contributed by atoms with E-state index in [1.54, 1.807) is 18.1 Å². The number of nitrogens with zero attached hydrogens (tertiary/aromatic N) is 3. The number of hydrogen-bond donors (Lipinski definition) is 1. The lowest BCUT2D eigenvalue weighted by molar-refractivity contribution is 0.400. The molecule has 1 unspecified atom stereocenters. The Morgan fingerprint density at radius 3 is 2.84 bits per heavy atom. The fraction of sp³-hybridized carbons (Fsp3) is 0.429. The second kappa shape index (κ2) is 5.84. The zero-order chi connectivity index (χ0) is 13.8. The van der Waals surface area contributed by atoms with Gasteiger partial charge in [-0.05, 0) is 25.5 Å². The van der Waals surface area contributed by atoms with Gasteiger partial charge >= 0.3 is 0 Å². The maximum absolute atomic E-state index is 5.43. The Kier molecular flexibility index (Phi) is 4.16. The van der Waals surface area contributed by atoms with Crippen molar-refractivity contribution in [2.75, 3.05) is 7.11 Å². The van der Waals surface area contributed by atoms with Gasteiger partial charge in [0.25, 0.3) is 0 Å². The molecule has 0 saturated heterocycles. The van der Waals surface area contributed by atoms with Gasteiger partial charge in [0.05, 0.1) is 13.7 Å². The van der Waals surface area contributed by atoms with Crippen LogP contribution in [-0.4, -0.2) is 21.9 Å². The summed E-state index contributed by atoms with van der Waals surface area (Å²) >= 11 is 0. The fourth-order valence-corrected chi connectivity index (χ4v) is 2.00. The molecular formula is C14H20N4O. The highest BCUT2D eigenvalue weighted by molar-refractivity contribution is 5.39. The summed E-state index contributed by atoms with van der Waals surface area (Å²) in [6.45, 7) is 4.80. The normalized spacial score (nSPS) is 12.4. The molecule has 1 aromatic heterocycles. The zero-order valence-corrected chi connectivity index (χ0v) is 11.8. The number of aryl methyl sites for hydroxylation is 2. The summed E-state index contributed by atoms with van der Waals surface area (Å²) in [4.78, 5) is 4.20. The number of methoxy groups -OCH3 is 1. The lowest BCUT2D eigenvalue weighted by Gasteiger charge is -2.17. The number of nitrogens with one attached hydrogen (secondary N) is 1. The Labute approximate surface area is 113 Å². The first-order chi connectivity index (χ1) is 9.10. The van der Waals surface area contributed by atoms with Crippen LogP contribution in [0.25, 0.3) is 0 Å². The number of ether oxygens (including phenoxy) is 1. The summed E-state index contributed by atoms with van der Waals surface area (Å²) in [7, 11) is 3.56. The van der Waals surface area contributed by atoms with Crippen LogP contribution in [0.1, 0.15) is 29.9 Å². The van der Waals surface area contributed by atoms with Gasteiger partial charge in [-0.3, -0.25) is 4.68 Å². The van der Waals surface area contributed by atoms with Gasteiger partial charge in [-0.2, -0.15) is 5.10 Å². The first kappa shape index (κ1) is 13.5. The minimum absolute atomic E-state index is 0.180. The van der Waals surface area contributed by atoms with Gasteiger partial charge in [0.1, 0.15) is 12.1 Å². The predicted molar refractivity (Wildman–Crippen MR) is 74.0 cm³/mol. The van der Waals surface area contributed by atoms with E-state index in [1.165, 1.54) is 5.56 Å². The summed E-state index contributed by atoms with van der Waals surface area (Å²) < 4.78 is 7.13. The quantitative estimate of drug-likeness (QED) is 0.893. The van der Waals surface area contributed by atoms with Gasteiger partial charge in [0.15, 0.2) is 5.82 Å². The SMILES string of the molecule is COc1cc(C)ccc1C(C)NCc1ncn(C)n1. The summed E-state index contributed by atoms with van der Waals surface area (Å²) in [5.41, 5.74) is 2.34. The van der Waals surface area contributed by atoms with Crippen molar-refractivity contribution >= 4 is 0 Å². The molecule has 0 aliphatic carbocycles. The predicted octanol–water partition coefficient (Wildman–Crippen LogP) is 1.98. The van der Waals surface area contributed by atoms with E-state index in [1.807, 2.05) is 13.1 Å². The van der Waals surface area contributed by atoms with E-state index in [0.29, 0.717) is 6.54 Å². The molecule has 19 heavy (non-hydrogen) atoms. The monoisotopic (exact) mass is 260 g/mol. The van der Waals surface area contributed by atoms with Crippen LogP contribution in [0.2, 0.25) is 0 Å². The van der Waals surface area contributed by atoms with E-state index >= 15 is 0 Å². The minimum Gasteiger partial charge on any atom is -0.496 e. The molecule has 102 valence electrons. The van der Waals surface area contributed by atoms with Crippen molar-refractivity contribution in [1.82, 2.24) is 20.1 Å². The van der Waals surface area contributed by atoms with Gasteiger partial charge in [0, 0.05) is 18.7 Å². The van der Waals surface area contributed by atoms with E-state index in [0.717, 1.165) is 17.1 Å². The molecule has 0 saturated carbocycles. The summed E-state index contributed by atoms with van der Waals surface area (Å²) in [6.07, 6.45) is 1.70. The average Bonchev–Trinajstić information content (AvgIpc) is 2.81. The lowest BCUT2D eigenvalue weighted by Crippen LogP contribution is -2.19. The van der Waals surface area contributed by atoms with Gasteiger partial charge in [-0.15, -0.1) is 0 Å². The standard InChI is InChI=1S/C14H20N4O/c1-10-5-6-12(13(7-10)19-4)11(2)15-8-14-16-9-18(3)17-14/h5-7,9,11,15H,8H2,1-4H3. The third-order valence-corrected chi connectivity index (χ3v) is 3.07. The highest BCUT2D eigenvalue weighted by atomic mass is 16.5. The number of rotatable bonds is 5. The molecule has 5 nitrogen and oxygen atoms in total. The Hall–Kier alpha value is -1.88. The summed E-state index contributed by atoms with van der Waals surface area (Å²) in [5, 5.41) is 7.65. The van der Waals surface area contributed by atoms with Gasteiger partial charge in [0.2, 0.25) is 0 Å².